The summed E-state index contributed by atoms with van der Waals surface area (Å²) in [5.41, 5.74) is 3.67. The van der Waals surface area contributed by atoms with Crippen LogP contribution in [0.2, 0.25) is 0 Å². The minimum absolute atomic E-state index is 0.591. The van der Waals surface area contributed by atoms with Crippen molar-refractivity contribution in [2.45, 2.75) is 19.8 Å². The topological polar surface area (TPSA) is 48.7 Å². The van der Waals surface area contributed by atoms with Crippen molar-refractivity contribution in [2.24, 2.45) is 0 Å². The van der Waals surface area contributed by atoms with Crippen molar-refractivity contribution in [3.05, 3.63) is 35.5 Å². The van der Waals surface area contributed by atoms with Crippen LogP contribution in [0.1, 0.15) is 24.5 Å². The highest BCUT2D eigenvalue weighted by atomic mass is 14.8. The summed E-state index contributed by atoms with van der Waals surface area (Å²) in [6.45, 7) is 2.16. The Morgan fingerprint density at radius 3 is 2.88 bits per heavy atom. The molecule has 0 unspecified atom stereocenters. The summed E-state index contributed by atoms with van der Waals surface area (Å²) in [5, 5.41) is 13.2. The number of benzene rings is 1. The molecule has 1 aromatic carbocycles. The maximum Gasteiger partial charge on any atom is 0.103 e. The molecule has 0 amide bonds. The smallest absolute Gasteiger partial charge is 0.103 e. The van der Waals surface area contributed by atoms with Gasteiger partial charge in [0.25, 0.3) is 0 Å². The van der Waals surface area contributed by atoms with Crippen molar-refractivity contribution in [1.82, 2.24) is 4.98 Å². The van der Waals surface area contributed by atoms with Gasteiger partial charge in [-0.3, -0.25) is 4.98 Å². The van der Waals surface area contributed by atoms with E-state index in [1.54, 1.807) is 6.20 Å². The van der Waals surface area contributed by atoms with Crippen molar-refractivity contribution in [1.29, 1.82) is 5.26 Å². The van der Waals surface area contributed by atoms with Crippen molar-refractivity contribution in [2.75, 3.05) is 12.4 Å². The highest BCUT2D eigenvalue weighted by Crippen LogP contribution is 2.26. The summed E-state index contributed by atoms with van der Waals surface area (Å²) in [5.74, 6) is 0. The average Bonchev–Trinajstić information content (AvgIpc) is 2.37. The van der Waals surface area contributed by atoms with Gasteiger partial charge in [-0.15, -0.1) is 0 Å². The fourth-order valence-electron chi connectivity index (χ4n) is 2.04. The van der Waals surface area contributed by atoms with Gasteiger partial charge in [-0.25, -0.2) is 0 Å². The lowest BCUT2D eigenvalue weighted by Gasteiger charge is -2.09. The van der Waals surface area contributed by atoms with Crippen LogP contribution in [0.25, 0.3) is 10.9 Å². The molecule has 0 saturated carbocycles. The van der Waals surface area contributed by atoms with Gasteiger partial charge in [0.15, 0.2) is 0 Å². The number of nitrogens with one attached hydrogen (secondary N) is 1. The molecular weight excluding hydrogens is 210 g/mol. The molecule has 0 spiro atoms. The predicted molar refractivity (Wildman–Crippen MR) is 70.0 cm³/mol. The second kappa shape index (κ2) is 4.84. The Kier molecular flexibility index (Phi) is 3.24. The van der Waals surface area contributed by atoms with Crippen LogP contribution in [-0.2, 0) is 6.42 Å². The molecule has 0 aliphatic rings. The van der Waals surface area contributed by atoms with Gasteiger partial charge in [0.2, 0.25) is 0 Å². The van der Waals surface area contributed by atoms with Crippen LogP contribution < -0.4 is 5.32 Å². The highest BCUT2D eigenvalue weighted by molar-refractivity contribution is 5.94. The van der Waals surface area contributed by atoms with Gasteiger partial charge in [-0.05, 0) is 24.1 Å². The lowest BCUT2D eigenvalue weighted by Crippen LogP contribution is -1.96. The zero-order valence-electron chi connectivity index (χ0n) is 10.1. The molecule has 2 rings (SSSR count). The van der Waals surface area contributed by atoms with E-state index in [4.69, 9.17) is 5.26 Å². The third kappa shape index (κ3) is 2.07. The van der Waals surface area contributed by atoms with Crippen LogP contribution in [0.5, 0.6) is 0 Å². The number of aromatic nitrogens is 1. The summed E-state index contributed by atoms with van der Waals surface area (Å²) in [7, 11) is 1.84. The van der Waals surface area contributed by atoms with Crippen molar-refractivity contribution in [3.63, 3.8) is 0 Å². The minimum atomic E-state index is 0.591. The molecule has 1 aromatic heterocycles. The highest BCUT2D eigenvalue weighted by Gasteiger charge is 2.07. The summed E-state index contributed by atoms with van der Waals surface area (Å²) in [6.07, 6.45) is 3.79. The van der Waals surface area contributed by atoms with Gasteiger partial charge < -0.3 is 5.32 Å². The zero-order chi connectivity index (χ0) is 12.3. The number of hydrogen-bond acceptors (Lipinski definition) is 3. The second-order valence-corrected chi connectivity index (χ2v) is 4.01. The van der Waals surface area contributed by atoms with E-state index in [0.717, 1.165) is 29.4 Å². The predicted octanol–water partition coefficient (Wildman–Crippen LogP) is 3.10. The Labute approximate surface area is 101 Å². The summed E-state index contributed by atoms with van der Waals surface area (Å²) < 4.78 is 0. The van der Waals surface area contributed by atoms with Crippen LogP contribution in [0.4, 0.5) is 5.69 Å². The second-order valence-electron chi connectivity index (χ2n) is 4.01. The van der Waals surface area contributed by atoms with E-state index in [2.05, 4.69) is 35.4 Å². The minimum Gasteiger partial charge on any atom is -0.386 e. The first-order valence-electron chi connectivity index (χ1n) is 5.79. The monoisotopic (exact) mass is 225 g/mol. The Bertz CT molecular complexity index is 582. The van der Waals surface area contributed by atoms with Crippen LogP contribution >= 0.6 is 0 Å². The van der Waals surface area contributed by atoms with Gasteiger partial charge in [-0.1, -0.05) is 19.4 Å². The quantitative estimate of drug-likeness (QED) is 0.873. The van der Waals surface area contributed by atoms with Gasteiger partial charge in [0.1, 0.15) is 6.07 Å². The maximum absolute atomic E-state index is 9.05. The molecule has 0 atom stereocenters. The van der Waals surface area contributed by atoms with Gasteiger partial charge in [0.05, 0.1) is 16.8 Å². The number of hydrogen-bond donors (Lipinski definition) is 1. The van der Waals surface area contributed by atoms with Gasteiger partial charge >= 0.3 is 0 Å². The van der Waals surface area contributed by atoms with Gasteiger partial charge in [-0.2, -0.15) is 5.26 Å². The first-order valence-corrected chi connectivity index (χ1v) is 5.79. The number of pyridine rings is 1. The Morgan fingerprint density at radius 1 is 1.41 bits per heavy atom. The summed E-state index contributed by atoms with van der Waals surface area (Å²) >= 11 is 0. The standard InChI is InChI=1S/C14H15N3/c1-3-4-10-5-6-13-12(7-10)14(16-2)11(8-15)9-17-13/h5-7,9H,3-4H2,1-2H3,(H,16,17). The third-order valence-electron chi connectivity index (χ3n) is 2.84. The number of aryl methyl sites for hydroxylation is 1. The molecule has 0 saturated heterocycles. The molecule has 3 nitrogen and oxygen atoms in total. The third-order valence-corrected chi connectivity index (χ3v) is 2.84. The van der Waals surface area contributed by atoms with E-state index in [-0.39, 0.29) is 0 Å². The van der Waals surface area contributed by atoms with Crippen molar-refractivity contribution >= 4 is 16.6 Å². The van der Waals surface area contributed by atoms with E-state index in [1.165, 1.54) is 5.56 Å². The molecule has 0 radical (unpaired) electrons. The lowest BCUT2D eigenvalue weighted by molar-refractivity contribution is 0.923. The van der Waals surface area contributed by atoms with Gasteiger partial charge in [0, 0.05) is 18.6 Å². The first kappa shape index (κ1) is 11.4. The number of anilines is 1. The molecular formula is C14H15N3. The molecule has 1 N–H and O–H groups in total. The fourth-order valence-corrected chi connectivity index (χ4v) is 2.04. The fraction of sp³-hybridized carbons (Fsp3) is 0.286. The molecule has 2 aromatic rings. The summed E-state index contributed by atoms with van der Waals surface area (Å²) in [4.78, 5) is 4.30. The molecule has 0 bridgehead atoms. The van der Waals surface area contributed by atoms with Crippen molar-refractivity contribution in [3.8, 4) is 6.07 Å². The van der Waals surface area contributed by atoms with Crippen LogP contribution in [-0.4, -0.2) is 12.0 Å². The van der Waals surface area contributed by atoms with Crippen LogP contribution in [0.15, 0.2) is 24.4 Å². The van der Waals surface area contributed by atoms with E-state index in [9.17, 15) is 0 Å². The maximum atomic E-state index is 9.05. The normalized spacial score (nSPS) is 10.2. The molecule has 86 valence electrons. The van der Waals surface area contributed by atoms with Crippen LogP contribution in [0, 0.1) is 11.3 Å². The van der Waals surface area contributed by atoms with E-state index in [1.807, 2.05) is 13.1 Å². The van der Waals surface area contributed by atoms with E-state index >= 15 is 0 Å². The Hall–Kier alpha value is -2.08. The molecule has 17 heavy (non-hydrogen) atoms. The Balaban J connectivity index is 2.68. The largest absolute Gasteiger partial charge is 0.386 e. The number of rotatable bonds is 3. The first-order chi connectivity index (χ1) is 8.30. The lowest BCUT2D eigenvalue weighted by atomic mass is 10.0. The molecule has 0 aliphatic carbocycles. The van der Waals surface area contributed by atoms with Crippen LogP contribution in [0.3, 0.4) is 0 Å². The average molecular weight is 225 g/mol. The number of nitrogens with zero attached hydrogens (tertiary/aromatic N) is 2. The van der Waals surface area contributed by atoms with Crippen molar-refractivity contribution < 1.29 is 0 Å². The van der Waals surface area contributed by atoms with E-state index in [0.29, 0.717) is 5.56 Å². The number of nitriles is 1. The molecule has 0 aliphatic heterocycles. The molecule has 0 fully saturated rings. The molecule has 3 heteroatoms. The Morgan fingerprint density at radius 2 is 2.24 bits per heavy atom. The summed E-state index contributed by atoms with van der Waals surface area (Å²) in [6, 6.07) is 8.41. The SMILES string of the molecule is CCCc1ccc2ncc(C#N)c(NC)c2c1. The van der Waals surface area contributed by atoms with E-state index < -0.39 is 0 Å². The number of fused-ring (bicyclic) bond motifs is 1. The zero-order valence-corrected chi connectivity index (χ0v) is 10.1. The molecule has 1 heterocycles.